The number of carbonyl (C=O) groups excluding carboxylic acids is 1. The summed E-state index contributed by atoms with van der Waals surface area (Å²) in [6, 6.07) is 12.1. The lowest BCUT2D eigenvalue weighted by atomic mass is 10.2. The monoisotopic (exact) mass is 384 g/mol. The van der Waals surface area contributed by atoms with Gasteiger partial charge in [-0.2, -0.15) is 0 Å². The van der Waals surface area contributed by atoms with Gasteiger partial charge in [0.2, 0.25) is 5.91 Å². The minimum absolute atomic E-state index is 0.148. The fourth-order valence-electron chi connectivity index (χ4n) is 1.67. The summed E-state index contributed by atoms with van der Waals surface area (Å²) in [6.07, 6.45) is 2.90. The van der Waals surface area contributed by atoms with E-state index in [1.165, 1.54) is 6.08 Å². The van der Waals surface area contributed by atoms with E-state index in [-0.39, 0.29) is 11.0 Å². The topological polar surface area (TPSA) is 41.1 Å². The number of rotatable bonds is 3. The molecule has 0 aromatic heterocycles. The third kappa shape index (κ3) is 5.52. The number of thiocarbonyl (C=S) groups is 1. The molecule has 0 saturated heterocycles. The second kappa shape index (κ2) is 8.31. The van der Waals surface area contributed by atoms with Gasteiger partial charge in [-0.05, 0) is 48.1 Å². The number of hydrogen-bond acceptors (Lipinski definition) is 2. The van der Waals surface area contributed by atoms with Gasteiger partial charge < -0.3 is 5.32 Å². The zero-order valence-corrected chi connectivity index (χ0v) is 14.7. The van der Waals surface area contributed by atoms with Crippen LogP contribution in [0.15, 0.2) is 48.5 Å². The predicted molar refractivity (Wildman–Crippen MR) is 101 cm³/mol. The van der Waals surface area contributed by atoms with Crippen LogP contribution in [0.2, 0.25) is 15.1 Å². The van der Waals surface area contributed by atoms with E-state index in [2.05, 4.69) is 10.6 Å². The number of halogens is 3. The zero-order chi connectivity index (χ0) is 16.8. The molecule has 0 aliphatic rings. The highest BCUT2D eigenvalue weighted by Gasteiger charge is 2.04. The molecule has 7 heteroatoms. The fraction of sp³-hybridized carbons (Fsp3) is 0. The Balaban J connectivity index is 1.95. The molecule has 0 spiro atoms. The molecule has 0 aliphatic carbocycles. The lowest BCUT2D eigenvalue weighted by molar-refractivity contribution is -0.115. The Morgan fingerprint density at radius 3 is 2.48 bits per heavy atom. The SMILES string of the molecule is O=C(/C=C/c1ccc(Cl)cc1Cl)NC(=S)Nc1ccccc1Cl. The largest absolute Gasteiger partial charge is 0.331 e. The first-order valence-corrected chi connectivity index (χ1v) is 7.99. The van der Waals surface area contributed by atoms with Gasteiger partial charge in [0.05, 0.1) is 10.7 Å². The lowest BCUT2D eigenvalue weighted by Crippen LogP contribution is -2.32. The first kappa shape index (κ1) is 17.8. The molecule has 2 rings (SSSR count). The lowest BCUT2D eigenvalue weighted by Gasteiger charge is -2.09. The van der Waals surface area contributed by atoms with Gasteiger partial charge in [-0.1, -0.05) is 53.0 Å². The number of benzene rings is 2. The molecule has 2 aromatic rings. The Kier molecular flexibility index (Phi) is 6.42. The number of para-hydroxylation sites is 1. The van der Waals surface area contributed by atoms with Crippen LogP contribution in [0.4, 0.5) is 5.69 Å². The molecule has 0 aliphatic heterocycles. The highest BCUT2D eigenvalue weighted by molar-refractivity contribution is 7.80. The summed E-state index contributed by atoms with van der Waals surface area (Å²) in [5, 5.41) is 7.01. The van der Waals surface area contributed by atoms with Crippen molar-refractivity contribution >= 4 is 69.8 Å². The maximum Gasteiger partial charge on any atom is 0.250 e. The number of amides is 1. The van der Waals surface area contributed by atoms with Crippen LogP contribution in [0, 0.1) is 0 Å². The molecular weight excluding hydrogens is 375 g/mol. The van der Waals surface area contributed by atoms with Gasteiger partial charge in [0.25, 0.3) is 0 Å². The molecule has 118 valence electrons. The summed E-state index contributed by atoms with van der Waals surface area (Å²) >= 11 is 22.9. The van der Waals surface area contributed by atoms with Crippen molar-refractivity contribution < 1.29 is 4.79 Å². The van der Waals surface area contributed by atoms with Crippen molar-refractivity contribution in [2.75, 3.05) is 5.32 Å². The molecular formula is C16H11Cl3N2OS. The Hall–Kier alpha value is -1.59. The molecule has 0 fully saturated rings. The molecule has 0 atom stereocenters. The van der Waals surface area contributed by atoms with Crippen LogP contribution < -0.4 is 10.6 Å². The Labute approximate surface area is 154 Å². The normalized spacial score (nSPS) is 10.6. The van der Waals surface area contributed by atoms with Gasteiger partial charge in [0.1, 0.15) is 0 Å². The van der Waals surface area contributed by atoms with Crippen LogP contribution in [-0.2, 0) is 4.79 Å². The summed E-state index contributed by atoms with van der Waals surface area (Å²) in [5.74, 6) is -0.388. The van der Waals surface area contributed by atoms with E-state index in [9.17, 15) is 4.79 Å². The second-order valence-corrected chi connectivity index (χ2v) is 6.08. The molecule has 23 heavy (non-hydrogen) atoms. The van der Waals surface area contributed by atoms with Crippen LogP contribution in [0.5, 0.6) is 0 Å². The third-order valence-electron chi connectivity index (χ3n) is 2.74. The quantitative estimate of drug-likeness (QED) is 0.565. The van der Waals surface area contributed by atoms with Gasteiger partial charge >= 0.3 is 0 Å². The predicted octanol–water partition coefficient (Wildman–Crippen LogP) is 5.17. The van der Waals surface area contributed by atoms with Crippen LogP contribution in [0.1, 0.15) is 5.56 Å². The Bertz CT molecular complexity index is 778. The number of hydrogen-bond donors (Lipinski definition) is 2. The van der Waals surface area contributed by atoms with Gasteiger partial charge in [-0.25, -0.2) is 0 Å². The van der Waals surface area contributed by atoms with Crippen molar-refractivity contribution in [3.05, 3.63) is 69.2 Å². The van der Waals surface area contributed by atoms with Gasteiger partial charge in [0, 0.05) is 16.1 Å². The van der Waals surface area contributed by atoms with E-state index in [0.29, 0.717) is 26.3 Å². The molecule has 0 unspecified atom stereocenters. The minimum Gasteiger partial charge on any atom is -0.331 e. The van der Waals surface area contributed by atoms with E-state index in [0.717, 1.165) is 0 Å². The first-order valence-electron chi connectivity index (χ1n) is 6.45. The van der Waals surface area contributed by atoms with Crippen molar-refractivity contribution in [2.24, 2.45) is 0 Å². The standard InChI is InChI=1S/C16H11Cl3N2OS/c17-11-7-5-10(13(19)9-11)6-8-15(22)21-16(23)20-14-4-2-1-3-12(14)18/h1-9H,(H2,20,21,22,23)/b8-6+. The number of anilines is 1. The summed E-state index contributed by atoms with van der Waals surface area (Å²) in [5.41, 5.74) is 1.29. The average molecular weight is 386 g/mol. The van der Waals surface area contributed by atoms with Gasteiger partial charge in [-0.3, -0.25) is 10.1 Å². The number of nitrogens with one attached hydrogen (secondary N) is 2. The van der Waals surface area contributed by atoms with Crippen LogP contribution >= 0.6 is 47.0 Å². The van der Waals surface area contributed by atoms with Crippen molar-refractivity contribution in [2.45, 2.75) is 0 Å². The van der Waals surface area contributed by atoms with Crippen molar-refractivity contribution in [3.8, 4) is 0 Å². The first-order chi connectivity index (χ1) is 11.0. The van der Waals surface area contributed by atoms with Crippen molar-refractivity contribution in [1.29, 1.82) is 0 Å². The van der Waals surface area contributed by atoms with E-state index in [1.807, 2.05) is 0 Å². The molecule has 0 heterocycles. The molecule has 0 bridgehead atoms. The minimum atomic E-state index is -0.388. The third-order valence-corrected chi connectivity index (χ3v) is 3.83. The molecule has 3 nitrogen and oxygen atoms in total. The Morgan fingerprint density at radius 2 is 1.78 bits per heavy atom. The second-order valence-electron chi connectivity index (χ2n) is 4.42. The molecule has 0 radical (unpaired) electrons. The van der Waals surface area contributed by atoms with Crippen LogP contribution in [0.25, 0.3) is 6.08 Å². The summed E-state index contributed by atoms with van der Waals surface area (Å²) in [7, 11) is 0. The van der Waals surface area contributed by atoms with E-state index in [1.54, 1.807) is 48.5 Å². The maximum atomic E-state index is 11.9. The maximum absolute atomic E-state index is 11.9. The van der Waals surface area contributed by atoms with Gasteiger partial charge in [0.15, 0.2) is 5.11 Å². The molecule has 0 saturated carbocycles. The highest BCUT2D eigenvalue weighted by Crippen LogP contribution is 2.22. The highest BCUT2D eigenvalue weighted by atomic mass is 35.5. The summed E-state index contributed by atoms with van der Waals surface area (Å²) in [4.78, 5) is 11.9. The fourth-order valence-corrected chi connectivity index (χ4v) is 2.54. The average Bonchev–Trinajstić information content (AvgIpc) is 2.48. The van der Waals surface area contributed by atoms with Crippen molar-refractivity contribution in [1.82, 2.24) is 5.32 Å². The zero-order valence-electron chi connectivity index (χ0n) is 11.6. The van der Waals surface area contributed by atoms with Crippen LogP contribution in [-0.4, -0.2) is 11.0 Å². The summed E-state index contributed by atoms with van der Waals surface area (Å²) < 4.78 is 0. The molecule has 2 N–H and O–H groups in total. The smallest absolute Gasteiger partial charge is 0.250 e. The van der Waals surface area contributed by atoms with E-state index in [4.69, 9.17) is 47.0 Å². The molecule has 2 aromatic carbocycles. The van der Waals surface area contributed by atoms with E-state index >= 15 is 0 Å². The van der Waals surface area contributed by atoms with Gasteiger partial charge in [-0.15, -0.1) is 0 Å². The summed E-state index contributed by atoms with van der Waals surface area (Å²) in [6.45, 7) is 0. The Morgan fingerprint density at radius 1 is 1.04 bits per heavy atom. The number of carbonyl (C=O) groups is 1. The van der Waals surface area contributed by atoms with E-state index < -0.39 is 0 Å². The van der Waals surface area contributed by atoms with Crippen LogP contribution in [0.3, 0.4) is 0 Å². The molecule has 1 amide bonds. The van der Waals surface area contributed by atoms with Crippen molar-refractivity contribution in [3.63, 3.8) is 0 Å².